The molecule has 0 radical (unpaired) electrons. The first-order valence-corrected chi connectivity index (χ1v) is 8.61. The minimum absolute atomic E-state index is 0.0297. The van der Waals surface area contributed by atoms with Gasteiger partial charge in [-0.1, -0.05) is 19.1 Å². The van der Waals surface area contributed by atoms with Crippen LogP contribution in [0.15, 0.2) is 40.1 Å². The summed E-state index contributed by atoms with van der Waals surface area (Å²) in [5.41, 5.74) is -0.219. The van der Waals surface area contributed by atoms with Gasteiger partial charge in [0.2, 0.25) is 15.0 Å². The number of carbonyl (C=O) groups excluding carboxylic acids is 1. The van der Waals surface area contributed by atoms with E-state index in [1.165, 1.54) is 31.3 Å². The van der Waals surface area contributed by atoms with Crippen LogP contribution in [-0.4, -0.2) is 30.0 Å². The van der Waals surface area contributed by atoms with Gasteiger partial charge in [-0.3, -0.25) is 4.79 Å². The first kappa shape index (κ1) is 16.5. The van der Waals surface area contributed by atoms with Crippen LogP contribution < -0.4 is 5.32 Å². The molecule has 0 aliphatic heterocycles. The molecule has 1 heterocycles. The largest absolute Gasteiger partial charge is 0.318 e. The van der Waals surface area contributed by atoms with Crippen molar-refractivity contribution in [3.63, 3.8) is 0 Å². The summed E-state index contributed by atoms with van der Waals surface area (Å²) < 4.78 is 37.3. The van der Waals surface area contributed by atoms with Gasteiger partial charge < -0.3 is 5.32 Å². The predicted molar refractivity (Wildman–Crippen MR) is 81.8 cm³/mol. The number of aromatic nitrogens is 2. The van der Waals surface area contributed by atoms with Crippen LogP contribution in [0.2, 0.25) is 0 Å². The summed E-state index contributed by atoms with van der Waals surface area (Å²) in [6.45, 7) is 1.44. The number of carbonyl (C=O) groups is 1. The van der Waals surface area contributed by atoms with Crippen LogP contribution in [0.3, 0.4) is 0 Å². The molecule has 1 aromatic heterocycles. The molecule has 1 amide bonds. The van der Waals surface area contributed by atoms with Crippen LogP contribution in [0.25, 0.3) is 0 Å². The van der Waals surface area contributed by atoms with Gasteiger partial charge in [0.05, 0.1) is 15.9 Å². The monoisotopic (exact) mass is 387 g/mol. The molecule has 116 valence electrons. The second-order valence-corrected chi connectivity index (χ2v) is 7.21. The zero-order valence-electron chi connectivity index (χ0n) is 11.4. The number of amides is 1. The second kappa shape index (κ2) is 6.49. The molecular formula is C13H11BrFN3O3S. The number of rotatable bonds is 4. The zero-order chi connectivity index (χ0) is 16.3. The molecule has 0 atom stereocenters. The summed E-state index contributed by atoms with van der Waals surface area (Å²) in [5.74, 6) is -1.54. The highest BCUT2D eigenvalue weighted by molar-refractivity contribution is 9.10. The van der Waals surface area contributed by atoms with Gasteiger partial charge in [-0.2, -0.15) is 0 Å². The molecule has 6 nitrogen and oxygen atoms in total. The van der Waals surface area contributed by atoms with Crippen molar-refractivity contribution in [1.29, 1.82) is 0 Å². The lowest BCUT2D eigenvalue weighted by atomic mass is 10.3. The Morgan fingerprint density at radius 3 is 2.68 bits per heavy atom. The third-order valence-corrected chi connectivity index (χ3v) is 4.81. The molecule has 0 saturated carbocycles. The maximum atomic E-state index is 13.5. The van der Waals surface area contributed by atoms with Crippen molar-refractivity contribution in [3.05, 3.63) is 46.4 Å². The van der Waals surface area contributed by atoms with Crippen molar-refractivity contribution in [2.45, 2.75) is 12.1 Å². The first-order valence-electron chi connectivity index (χ1n) is 6.16. The van der Waals surface area contributed by atoms with E-state index >= 15 is 0 Å². The molecule has 2 rings (SSSR count). The molecule has 1 aromatic carbocycles. The summed E-state index contributed by atoms with van der Waals surface area (Å²) in [5, 5.41) is 1.89. The van der Waals surface area contributed by atoms with Gasteiger partial charge in [0.1, 0.15) is 11.5 Å². The summed E-state index contributed by atoms with van der Waals surface area (Å²) >= 11 is 3.08. The van der Waals surface area contributed by atoms with Gasteiger partial charge in [-0.05, 0) is 28.1 Å². The highest BCUT2D eigenvalue weighted by Crippen LogP contribution is 2.19. The number of halogens is 2. The predicted octanol–water partition coefficient (Wildman–Crippen LogP) is 2.42. The van der Waals surface area contributed by atoms with E-state index in [9.17, 15) is 17.6 Å². The van der Waals surface area contributed by atoms with Gasteiger partial charge in [-0.25, -0.2) is 22.8 Å². The number of sulfone groups is 1. The lowest BCUT2D eigenvalue weighted by Crippen LogP contribution is -2.18. The van der Waals surface area contributed by atoms with Crippen molar-refractivity contribution in [2.24, 2.45) is 0 Å². The third-order valence-electron chi connectivity index (χ3n) is 2.72. The van der Waals surface area contributed by atoms with Crippen molar-refractivity contribution in [1.82, 2.24) is 9.97 Å². The molecule has 0 unspecified atom stereocenters. The first-order chi connectivity index (χ1) is 10.3. The molecule has 9 heteroatoms. The highest BCUT2D eigenvalue weighted by Gasteiger charge is 2.21. The molecule has 0 saturated heterocycles. The number of benzene rings is 1. The Morgan fingerprint density at radius 1 is 1.36 bits per heavy atom. The number of nitrogens with one attached hydrogen (secondary N) is 1. The van der Waals surface area contributed by atoms with E-state index < -0.39 is 26.7 Å². The molecule has 0 bridgehead atoms. The normalized spacial score (nSPS) is 11.2. The Labute approximate surface area is 134 Å². The van der Waals surface area contributed by atoms with Crippen LogP contribution in [0.4, 0.5) is 10.1 Å². The molecule has 0 aliphatic carbocycles. The lowest BCUT2D eigenvalue weighted by molar-refractivity contribution is 0.102. The van der Waals surface area contributed by atoms with Crippen molar-refractivity contribution >= 4 is 37.4 Å². The lowest BCUT2D eigenvalue weighted by Gasteiger charge is -2.08. The van der Waals surface area contributed by atoms with E-state index in [4.69, 9.17) is 0 Å². The Balaban J connectivity index is 2.38. The summed E-state index contributed by atoms with van der Waals surface area (Å²) in [6.07, 6.45) is 1.17. The minimum atomic E-state index is -3.65. The van der Waals surface area contributed by atoms with E-state index in [1.807, 2.05) is 0 Å². The molecule has 1 N–H and O–H groups in total. The number of hydrogen-bond donors (Lipinski definition) is 1. The van der Waals surface area contributed by atoms with E-state index in [0.717, 1.165) is 0 Å². The summed E-state index contributed by atoms with van der Waals surface area (Å²) in [4.78, 5) is 19.6. The van der Waals surface area contributed by atoms with Crippen molar-refractivity contribution in [2.75, 3.05) is 11.1 Å². The van der Waals surface area contributed by atoms with E-state index in [-0.39, 0.29) is 21.6 Å². The molecular weight excluding hydrogens is 377 g/mol. The van der Waals surface area contributed by atoms with E-state index in [2.05, 4.69) is 31.2 Å². The van der Waals surface area contributed by atoms with Gasteiger partial charge in [0.15, 0.2) is 0 Å². The Morgan fingerprint density at radius 2 is 2.05 bits per heavy atom. The number of nitrogens with zero attached hydrogens (tertiary/aromatic N) is 2. The average Bonchev–Trinajstić information content (AvgIpc) is 2.49. The molecule has 22 heavy (non-hydrogen) atoms. The minimum Gasteiger partial charge on any atom is -0.318 e. The fraction of sp³-hybridized carbons (Fsp3) is 0.154. The fourth-order valence-corrected chi connectivity index (χ4v) is 2.61. The van der Waals surface area contributed by atoms with Crippen LogP contribution in [-0.2, 0) is 9.84 Å². The Kier molecular flexibility index (Phi) is 4.87. The molecule has 0 aliphatic rings. The van der Waals surface area contributed by atoms with Gasteiger partial charge >= 0.3 is 0 Å². The smallest absolute Gasteiger partial charge is 0.275 e. The van der Waals surface area contributed by atoms with E-state index in [0.29, 0.717) is 0 Å². The standard InChI is InChI=1S/C13H11BrFN3O3S/c1-2-22(20,21)13-16-7-8(14)11(18-13)12(19)17-10-6-4-3-5-9(10)15/h3-7H,2H2,1H3,(H,17,19). The summed E-state index contributed by atoms with van der Waals surface area (Å²) in [7, 11) is -3.65. The zero-order valence-corrected chi connectivity index (χ0v) is 13.8. The van der Waals surface area contributed by atoms with Gasteiger partial charge in [0.25, 0.3) is 5.91 Å². The van der Waals surface area contributed by atoms with Gasteiger partial charge in [-0.15, -0.1) is 0 Å². The molecule has 0 spiro atoms. The summed E-state index contributed by atoms with van der Waals surface area (Å²) in [6, 6.07) is 5.61. The average molecular weight is 388 g/mol. The maximum absolute atomic E-state index is 13.5. The molecule has 0 fully saturated rings. The Hall–Kier alpha value is -1.87. The highest BCUT2D eigenvalue weighted by atomic mass is 79.9. The maximum Gasteiger partial charge on any atom is 0.275 e. The van der Waals surface area contributed by atoms with Crippen LogP contribution in [0.1, 0.15) is 17.4 Å². The van der Waals surface area contributed by atoms with Crippen LogP contribution in [0.5, 0.6) is 0 Å². The molecule has 2 aromatic rings. The van der Waals surface area contributed by atoms with Crippen molar-refractivity contribution in [3.8, 4) is 0 Å². The van der Waals surface area contributed by atoms with Crippen molar-refractivity contribution < 1.29 is 17.6 Å². The number of hydrogen-bond acceptors (Lipinski definition) is 5. The fourth-order valence-electron chi connectivity index (χ4n) is 1.53. The third kappa shape index (κ3) is 3.47. The van der Waals surface area contributed by atoms with Gasteiger partial charge in [0, 0.05) is 6.20 Å². The number of para-hydroxylation sites is 1. The second-order valence-electron chi connectivity index (χ2n) is 4.19. The van der Waals surface area contributed by atoms with Crippen LogP contribution >= 0.6 is 15.9 Å². The van der Waals surface area contributed by atoms with Crippen LogP contribution in [0, 0.1) is 5.82 Å². The SMILES string of the molecule is CCS(=O)(=O)c1ncc(Br)c(C(=O)Nc2ccccc2F)n1. The Bertz CT molecular complexity index is 827. The topological polar surface area (TPSA) is 89.0 Å². The quantitative estimate of drug-likeness (QED) is 0.813. The number of anilines is 1. The van der Waals surface area contributed by atoms with E-state index in [1.54, 1.807) is 6.07 Å².